The Morgan fingerprint density at radius 2 is 1.81 bits per heavy atom. The second-order valence-electron chi connectivity index (χ2n) is 6.39. The van der Waals surface area contributed by atoms with Crippen LogP contribution in [0.1, 0.15) is 27.2 Å². The monoisotopic (exact) mass is 383 g/mol. The number of carbonyl (C=O) groups excluding carboxylic acids is 2. The smallest absolute Gasteiger partial charge is 0.339 e. The van der Waals surface area contributed by atoms with Gasteiger partial charge in [-0.2, -0.15) is 4.31 Å². The van der Waals surface area contributed by atoms with Crippen LogP contribution in [0.2, 0.25) is 0 Å². The molecule has 0 aromatic heterocycles. The predicted molar refractivity (Wildman–Crippen MR) is 96.6 cm³/mol. The minimum absolute atomic E-state index is 0.0116. The Morgan fingerprint density at radius 1 is 1.23 bits per heavy atom. The number of allylic oxidation sites excluding steroid dienone is 3. The predicted octanol–water partition coefficient (Wildman–Crippen LogP) is 1.57. The van der Waals surface area contributed by atoms with Crippen LogP contribution in [0.25, 0.3) is 0 Å². The molecule has 0 amide bonds. The summed E-state index contributed by atoms with van der Waals surface area (Å²) < 4.78 is 36.5. The molecule has 7 nitrogen and oxygen atoms in total. The quantitative estimate of drug-likeness (QED) is 0.377. The fourth-order valence-corrected chi connectivity index (χ4v) is 5.36. The molecule has 1 saturated heterocycles. The molecular formula is C18H25NO6S. The molecule has 0 bridgehead atoms. The molecule has 2 unspecified atom stereocenters. The third kappa shape index (κ3) is 2.81. The van der Waals surface area contributed by atoms with Crippen molar-refractivity contribution in [1.29, 1.82) is 0 Å². The highest BCUT2D eigenvalue weighted by atomic mass is 32.2. The number of rotatable bonds is 7. The first kappa shape index (κ1) is 20.4. The van der Waals surface area contributed by atoms with Gasteiger partial charge in [-0.3, -0.25) is 0 Å². The Bertz CT molecular complexity index is 736. The minimum Gasteiger partial charge on any atom is -0.464 e. The van der Waals surface area contributed by atoms with Gasteiger partial charge in [0.2, 0.25) is 15.6 Å². The largest absolute Gasteiger partial charge is 0.464 e. The number of carbonyl (C=O) groups is 2. The van der Waals surface area contributed by atoms with Crippen molar-refractivity contribution in [2.24, 2.45) is 5.92 Å². The lowest BCUT2D eigenvalue weighted by Gasteiger charge is -2.53. The van der Waals surface area contributed by atoms with Crippen molar-refractivity contribution >= 4 is 22.0 Å². The van der Waals surface area contributed by atoms with E-state index >= 15 is 0 Å². The van der Waals surface area contributed by atoms with E-state index in [1.54, 1.807) is 45.1 Å². The van der Waals surface area contributed by atoms with Gasteiger partial charge < -0.3 is 9.47 Å². The summed E-state index contributed by atoms with van der Waals surface area (Å²) in [5.74, 6) is -2.59. The van der Waals surface area contributed by atoms with Crippen LogP contribution in [-0.4, -0.2) is 54.7 Å². The van der Waals surface area contributed by atoms with Crippen LogP contribution in [0.3, 0.4) is 0 Å². The van der Waals surface area contributed by atoms with E-state index < -0.39 is 38.2 Å². The molecule has 144 valence electrons. The van der Waals surface area contributed by atoms with Crippen LogP contribution in [-0.2, 0) is 29.1 Å². The average Bonchev–Trinajstić information content (AvgIpc) is 2.55. The van der Waals surface area contributed by atoms with Crippen LogP contribution in [0.5, 0.6) is 0 Å². The van der Waals surface area contributed by atoms with Crippen molar-refractivity contribution < 1.29 is 27.5 Å². The van der Waals surface area contributed by atoms with E-state index in [9.17, 15) is 18.0 Å². The van der Waals surface area contributed by atoms with Crippen LogP contribution in [0, 0.1) is 5.92 Å². The molecule has 1 aliphatic carbocycles. The summed E-state index contributed by atoms with van der Waals surface area (Å²) in [5, 5.41) is 0. The van der Waals surface area contributed by atoms with Crippen molar-refractivity contribution in [3.05, 3.63) is 37.0 Å². The van der Waals surface area contributed by atoms with Crippen LogP contribution in [0.15, 0.2) is 37.0 Å². The molecule has 26 heavy (non-hydrogen) atoms. The lowest BCUT2D eigenvalue weighted by Crippen LogP contribution is -2.78. The van der Waals surface area contributed by atoms with Crippen molar-refractivity contribution in [2.75, 3.05) is 19.8 Å². The fraction of sp³-hybridized carbons (Fsp3) is 0.556. The number of ether oxygens (including phenoxy) is 2. The second-order valence-corrected chi connectivity index (χ2v) is 8.71. The number of nitrogens with zero attached hydrogens (tertiary/aromatic N) is 1. The highest BCUT2D eigenvalue weighted by Crippen LogP contribution is 2.46. The lowest BCUT2D eigenvalue weighted by atomic mass is 9.76. The van der Waals surface area contributed by atoms with Crippen LogP contribution >= 0.6 is 0 Å². The van der Waals surface area contributed by atoms with E-state index in [4.69, 9.17) is 9.47 Å². The Kier molecular flexibility index (Phi) is 5.77. The first-order chi connectivity index (χ1) is 12.2. The van der Waals surface area contributed by atoms with Crippen molar-refractivity contribution in [1.82, 2.24) is 4.31 Å². The molecule has 1 heterocycles. The third-order valence-corrected chi connectivity index (χ3v) is 7.35. The van der Waals surface area contributed by atoms with Crippen molar-refractivity contribution in [3.63, 3.8) is 0 Å². The van der Waals surface area contributed by atoms with Gasteiger partial charge in [0.15, 0.2) is 0 Å². The third-order valence-electron chi connectivity index (χ3n) is 4.85. The van der Waals surface area contributed by atoms with Gasteiger partial charge in [0.05, 0.1) is 13.2 Å². The van der Waals surface area contributed by atoms with Crippen LogP contribution in [0.4, 0.5) is 0 Å². The molecule has 2 rings (SSSR count). The van der Waals surface area contributed by atoms with Gasteiger partial charge in [-0.15, -0.1) is 6.58 Å². The fourth-order valence-electron chi connectivity index (χ4n) is 3.28. The zero-order valence-corrected chi connectivity index (χ0v) is 16.1. The van der Waals surface area contributed by atoms with Gasteiger partial charge in [-0.05, 0) is 27.2 Å². The molecule has 2 atom stereocenters. The second kappa shape index (κ2) is 7.36. The van der Waals surface area contributed by atoms with E-state index in [2.05, 4.69) is 6.58 Å². The Hall–Kier alpha value is -1.93. The summed E-state index contributed by atoms with van der Waals surface area (Å²) in [6, 6.07) is 0. The van der Waals surface area contributed by atoms with E-state index in [1.165, 1.54) is 6.08 Å². The molecule has 0 saturated carbocycles. The van der Waals surface area contributed by atoms with Crippen LogP contribution < -0.4 is 0 Å². The minimum atomic E-state index is -4.06. The molecule has 8 heteroatoms. The van der Waals surface area contributed by atoms with E-state index in [-0.39, 0.29) is 26.2 Å². The van der Waals surface area contributed by atoms with Crippen molar-refractivity contribution in [2.45, 2.75) is 37.5 Å². The summed E-state index contributed by atoms with van der Waals surface area (Å²) in [6.07, 6.45) is 8.33. The van der Waals surface area contributed by atoms with Gasteiger partial charge in [0, 0.05) is 12.5 Å². The molecule has 2 aliphatic rings. The first-order valence-corrected chi connectivity index (χ1v) is 10.00. The molecule has 0 spiro atoms. The zero-order chi connectivity index (χ0) is 19.6. The highest BCUT2D eigenvalue weighted by Gasteiger charge is 2.71. The van der Waals surface area contributed by atoms with E-state index in [0.717, 1.165) is 4.31 Å². The zero-order valence-electron chi connectivity index (χ0n) is 15.3. The van der Waals surface area contributed by atoms with Gasteiger partial charge in [-0.1, -0.05) is 30.4 Å². The Labute approximate surface area is 154 Å². The summed E-state index contributed by atoms with van der Waals surface area (Å²) in [7, 11) is -4.06. The molecule has 1 fully saturated rings. The summed E-state index contributed by atoms with van der Waals surface area (Å²) in [5.41, 5.74) is -2.06. The normalized spacial score (nSPS) is 27.4. The number of hydrogen-bond donors (Lipinski definition) is 0. The standard InChI is InChI=1S/C18H25NO6S/c1-5-14-13-19(26(22,23)17(4)11-9-8-10-12-17)18(14,15(20)24-6-2)16(21)25-7-3/h5,8-11,14H,1,6-7,12-13H2,2-4H3. The van der Waals surface area contributed by atoms with Gasteiger partial charge >= 0.3 is 11.9 Å². The molecule has 0 aromatic rings. The van der Waals surface area contributed by atoms with Gasteiger partial charge in [0.25, 0.3) is 0 Å². The number of esters is 2. The van der Waals surface area contributed by atoms with Gasteiger partial charge in [-0.25, -0.2) is 18.0 Å². The molecule has 0 aromatic carbocycles. The maximum Gasteiger partial charge on any atom is 0.339 e. The Balaban J connectivity index is 2.57. The summed E-state index contributed by atoms with van der Waals surface area (Å²) in [4.78, 5) is 25.5. The average molecular weight is 383 g/mol. The summed E-state index contributed by atoms with van der Waals surface area (Å²) >= 11 is 0. The maximum atomic E-state index is 13.4. The number of hydrogen-bond acceptors (Lipinski definition) is 6. The van der Waals surface area contributed by atoms with Gasteiger partial charge in [0.1, 0.15) is 4.75 Å². The first-order valence-electron chi connectivity index (χ1n) is 8.56. The molecule has 0 N–H and O–H groups in total. The van der Waals surface area contributed by atoms with E-state index in [0.29, 0.717) is 0 Å². The topological polar surface area (TPSA) is 90.0 Å². The maximum absolute atomic E-state index is 13.4. The lowest BCUT2D eigenvalue weighted by molar-refractivity contribution is -0.184. The molecule has 0 radical (unpaired) electrons. The summed E-state index contributed by atoms with van der Waals surface area (Å²) in [6.45, 7) is 8.38. The highest BCUT2D eigenvalue weighted by molar-refractivity contribution is 7.90. The Morgan fingerprint density at radius 3 is 2.23 bits per heavy atom. The van der Waals surface area contributed by atoms with E-state index in [1.807, 2.05) is 0 Å². The van der Waals surface area contributed by atoms with Crippen molar-refractivity contribution in [3.8, 4) is 0 Å². The molecular weight excluding hydrogens is 358 g/mol. The number of sulfonamides is 1. The molecule has 1 aliphatic heterocycles. The SMILES string of the molecule is C=CC1CN(S(=O)(=O)C2(C)C=CC=CC2)C1(C(=O)OCC)C(=O)OCC.